The van der Waals surface area contributed by atoms with Gasteiger partial charge in [-0.1, -0.05) is 31.5 Å². The second-order valence-corrected chi connectivity index (χ2v) is 6.10. The molecule has 7 heteroatoms. The number of rotatable bonds is 10. The molecule has 0 aliphatic carbocycles. The lowest BCUT2D eigenvalue weighted by Gasteiger charge is -2.03. The van der Waals surface area contributed by atoms with Gasteiger partial charge in [0.05, 0.1) is 12.4 Å². The highest BCUT2D eigenvalue weighted by molar-refractivity contribution is 7.99. The summed E-state index contributed by atoms with van der Waals surface area (Å²) in [5.74, 6) is 1.49. The Morgan fingerprint density at radius 2 is 2.00 bits per heavy atom. The molecule has 6 nitrogen and oxygen atoms in total. The third-order valence-corrected chi connectivity index (χ3v) is 4.07. The standard InChI is InChI=1S/C17H23N3O3S/c1-3-5-6-11-18-15(21)12-24-17-20-19-16(23-17)13-7-9-14(10-8-13)22-4-2/h7-10H,3-6,11-12H2,1-2H3,(H,18,21). The molecular weight excluding hydrogens is 326 g/mol. The van der Waals surface area contributed by atoms with E-state index < -0.39 is 0 Å². The molecule has 0 saturated carbocycles. The lowest BCUT2D eigenvalue weighted by atomic mass is 10.2. The minimum atomic E-state index is -0.0167. The number of nitrogens with one attached hydrogen (secondary N) is 1. The number of ether oxygens (including phenoxy) is 1. The van der Waals surface area contributed by atoms with Gasteiger partial charge < -0.3 is 14.5 Å². The zero-order chi connectivity index (χ0) is 17.2. The fourth-order valence-corrected chi connectivity index (χ4v) is 2.62. The van der Waals surface area contributed by atoms with Crippen molar-refractivity contribution in [3.8, 4) is 17.2 Å². The molecule has 0 aliphatic heterocycles. The Labute approximate surface area is 146 Å². The monoisotopic (exact) mass is 349 g/mol. The zero-order valence-corrected chi connectivity index (χ0v) is 14.9. The Bertz CT molecular complexity index is 628. The van der Waals surface area contributed by atoms with Crippen molar-refractivity contribution in [1.29, 1.82) is 0 Å². The summed E-state index contributed by atoms with van der Waals surface area (Å²) in [6, 6.07) is 7.46. The molecule has 24 heavy (non-hydrogen) atoms. The molecule has 0 radical (unpaired) electrons. The SMILES string of the molecule is CCCCCNC(=O)CSc1nnc(-c2ccc(OCC)cc2)o1. The maximum Gasteiger partial charge on any atom is 0.277 e. The van der Waals surface area contributed by atoms with E-state index in [-0.39, 0.29) is 11.7 Å². The largest absolute Gasteiger partial charge is 0.494 e. The van der Waals surface area contributed by atoms with E-state index in [9.17, 15) is 4.79 Å². The second kappa shape index (κ2) is 9.97. The van der Waals surface area contributed by atoms with Crippen LogP contribution in [0.5, 0.6) is 5.75 Å². The zero-order valence-electron chi connectivity index (χ0n) is 14.1. The molecule has 0 saturated heterocycles. The number of hydrogen-bond donors (Lipinski definition) is 1. The van der Waals surface area contributed by atoms with E-state index in [4.69, 9.17) is 9.15 Å². The number of carbonyl (C=O) groups is 1. The van der Waals surface area contributed by atoms with E-state index in [1.807, 2.05) is 31.2 Å². The Balaban J connectivity index is 1.81. The van der Waals surface area contributed by atoms with Crippen molar-refractivity contribution in [3.63, 3.8) is 0 Å². The molecular formula is C17H23N3O3S. The first kappa shape index (κ1) is 18.3. The Morgan fingerprint density at radius 1 is 1.21 bits per heavy atom. The Hall–Kier alpha value is -2.02. The Morgan fingerprint density at radius 3 is 2.71 bits per heavy atom. The van der Waals surface area contributed by atoms with Gasteiger partial charge in [-0.2, -0.15) is 0 Å². The molecule has 0 atom stereocenters. The molecule has 130 valence electrons. The van der Waals surface area contributed by atoms with Crippen molar-refractivity contribution in [2.24, 2.45) is 0 Å². The summed E-state index contributed by atoms with van der Waals surface area (Å²) in [6.45, 7) is 5.42. The maximum absolute atomic E-state index is 11.7. The molecule has 1 aromatic heterocycles. The molecule has 1 amide bonds. The van der Waals surface area contributed by atoms with Gasteiger partial charge in [0, 0.05) is 12.1 Å². The lowest BCUT2D eigenvalue weighted by molar-refractivity contribution is -0.118. The molecule has 0 aliphatic rings. The van der Waals surface area contributed by atoms with Crippen LogP contribution in [0.1, 0.15) is 33.1 Å². The third kappa shape index (κ3) is 5.88. The quantitative estimate of drug-likeness (QED) is 0.522. The van der Waals surface area contributed by atoms with Crippen molar-refractivity contribution >= 4 is 17.7 Å². The minimum absolute atomic E-state index is 0.0167. The van der Waals surface area contributed by atoms with E-state index in [0.717, 1.165) is 30.6 Å². The number of thioether (sulfide) groups is 1. The maximum atomic E-state index is 11.7. The second-order valence-electron chi connectivity index (χ2n) is 5.18. The number of unbranched alkanes of at least 4 members (excludes halogenated alkanes) is 2. The van der Waals surface area contributed by atoms with E-state index in [1.54, 1.807) is 0 Å². The summed E-state index contributed by atoms with van der Waals surface area (Å²) in [5, 5.41) is 11.3. The number of hydrogen-bond acceptors (Lipinski definition) is 6. The molecule has 0 fully saturated rings. The van der Waals surface area contributed by atoms with Gasteiger partial charge in [0.1, 0.15) is 5.75 Å². The van der Waals surface area contributed by atoms with Crippen molar-refractivity contribution in [1.82, 2.24) is 15.5 Å². The number of amides is 1. The fraction of sp³-hybridized carbons (Fsp3) is 0.471. The van der Waals surface area contributed by atoms with Gasteiger partial charge in [0.15, 0.2) is 0 Å². The van der Waals surface area contributed by atoms with E-state index >= 15 is 0 Å². The summed E-state index contributed by atoms with van der Waals surface area (Å²) in [6.07, 6.45) is 3.28. The van der Waals surface area contributed by atoms with Gasteiger partial charge in [0.25, 0.3) is 5.22 Å². The average Bonchev–Trinajstić information content (AvgIpc) is 3.07. The van der Waals surface area contributed by atoms with Crippen LogP contribution >= 0.6 is 11.8 Å². The molecule has 1 heterocycles. The van der Waals surface area contributed by atoms with Crippen molar-refractivity contribution in [2.75, 3.05) is 18.9 Å². The highest BCUT2D eigenvalue weighted by atomic mass is 32.2. The summed E-state index contributed by atoms with van der Waals surface area (Å²) in [7, 11) is 0. The van der Waals surface area contributed by atoms with Gasteiger partial charge in [-0.25, -0.2) is 0 Å². The molecule has 2 aromatic rings. The first-order valence-electron chi connectivity index (χ1n) is 8.19. The van der Waals surface area contributed by atoms with Crippen LogP contribution in [0.2, 0.25) is 0 Å². The van der Waals surface area contributed by atoms with Crippen LogP contribution in [0.3, 0.4) is 0 Å². The van der Waals surface area contributed by atoms with Crippen LogP contribution in [0, 0.1) is 0 Å². The topological polar surface area (TPSA) is 77.2 Å². The molecule has 0 unspecified atom stereocenters. The van der Waals surface area contributed by atoms with Crippen LogP contribution in [0.15, 0.2) is 33.9 Å². The molecule has 1 N–H and O–H groups in total. The van der Waals surface area contributed by atoms with Crippen LogP contribution in [0.25, 0.3) is 11.5 Å². The Kier molecular flexibility index (Phi) is 7.61. The number of benzene rings is 1. The predicted molar refractivity (Wildman–Crippen MR) is 94.2 cm³/mol. The number of nitrogens with zero attached hydrogens (tertiary/aromatic N) is 2. The van der Waals surface area contributed by atoms with Gasteiger partial charge in [-0.3, -0.25) is 4.79 Å². The predicted octanol–water partition coefficient (Wildman–Crippen LogP) is 3.53. The number of aromatic nitrogens is 2. The van der Waals surface area contributed by atoms with E-state index in [1.165, 1.54) is 11.8 Å². The summed E-state index contributed by atoms with van der Waals surface area (Å²) in [4.78, 5) is 11.7. The van der Waals surface area contributed by atoms with Crippen LogP contribution < -0.4 is 10.1 Å². The molecule has 0 bridgehead atoms. The molecule has 1 aromatic carbocycles. The van der Waals surface area contributed by atoms with E-state index in [0.29, 0.717) is 24.3 Å². The van der Waals surface area contributed by atoms with Gasteiger partial charge >= 0.3 is 0 Å². The molecule has 0 spiro atoms. The van der Waals surface area contributed by atoms with Gasteiger partial charge in [0.2, 0.25) is 11.8 Å². The van der Waals surface area contributed by atoms with E-state index in [2.05, 4.69) is 22.4 Å². The van der Waals surface area contributed by atoms with Gasteiger partial charge in [-0.15, -0.1) is 10.2 Å². The molecule has 2 rings (SSSR count). The van der Waals surface area contributed by atoms with Crippen LogP contribution in [-0.4, -0.2) is 35.0 Å². The fourth-order valence-electron chi connectivity index (χ4n) is 2.03. The first-order valence-corrected chi connectivity index (χ1v) is 9.17. The average molecular weight is 349 g/mol. The van der Waals surface area contributed by atoms with Crippen LogP contribution in [0.4, 0.5) is 0 Å². The van der Waals surface area contributed by atoms with Crippen molar-refractivity contribution in [3.05, 3.63) is 24.3 Å². The minimum Gasteiger partial charge on any atom is -0.494 e. The number of carbonyl (C=O) groups excluding carboxylic acids is 1. The lowest BCUT2D eigenvalue weighted by Crippen LogP contribution is -2.26. The smallest absolute Gasteiger partial charge is 0.277 e. The third-order valence-electron chi connectivity index (χ3n) is 3.25. The van der Waals surface area contributed by atoms with Crippen molar-refractivity contribution < 1.29 is 13.9 Å². The summed E-state index contributed by atoms with van der Waals surface area (Å²) < 4.78 is 11.0. The highest BCUT2D eigenvalue weighted by Gasteiger charge is 2.11. The van der Waals surface area contributed by atoms with Crippen LogP contribution in [-0.2, 0) is 4.79 Å². The summed E-state index contributed by atoms with van der Waals surface area (Å²) in [5.41, 5.74) is 0.821. The highest BCUT2D eigenvalue weighted by Crippen LogP contribution is 2.24. The van der Waals surface area contributed by atoms with Crippen molar-refractivity contribution in [2.45, 2.75) is 38.3 Å². The first-order chi connectivity index (χ1) is 11.7. The van der Waals surface area contributed by atoms with Gasteiger partial charge in [-0.05, 0) is 37.6 Å². The summed E-state index contributed by atoms with van der Waals surface area (Å²) >= 11 is 1.24. The normalized spacial score (nSPS) is 10.6.